The van der Waals surface area contributed by atoms with Crippen LogP contribution in [0.2, 0.25) is 0 Å². The zero-order chi connectivity index (χ0) is 27.9. The predicted octanol–water partition coefficient (Wildman–Crippen LogP) is 5.60. The molecule has 5 rings (SSSR count). The van der Waals surface area contributed by atoms with Crippen LogP contribution in [0.1, 0.15) is 27.4 Å². The molecular formula is C32H34FN3O4. The summed E-state index contributed by atoms with van der Waals surface area (Å²) < 4.78 is 30.6. The molecule has 1 saturated heterocycles. The lowest BCUT2D eigenvalue weighted by Crippen LogP contribution is -2.48. The van der Waals surface area contributed by atoms with Crippen LogP contribution in [0.5, 0.6) is 11.5 Å². The second kappa shape index (κ2) is 12.7. The molecule has 4 aromatic rings. The van der Waals surface area contributed by atoms with Gasteiger partial charge >= 0.3 is 0 Å². The van der Waals surface area contributed by atoms with Crippen LogP contribution in [0.25, 0.3) is 0 Å². The molecule has 0 unspecified atom stereocenters. The number of hydrogen-bond acceptors (Lipinski definition) is 6. The van der Waals surface area contributed by atoms with Crippen molar-refractivity contribution in [2.75, 3.05) is 45.3 Å². The first-order valence-corrected chi connectivity index (χ1v) is 13.4. The van der Waals surface area contributed by atoms with Crippen molar-refractivity contribution in [1.29, 1.82) is 0 Å². The highest BCUT2D eigenvalue weighted by molar-refractivity contribution is 5.91. The van der Waals surface area contributed by atoms with E-state index in [9.17, 15) is 9.18 Å². The molecule has 0 aliphatic carbocycles. The van der Waals surface area contributed by atoms with Crippen molar-refractivity contribution < 1.29 is 23.1 Å². The second-order valence-corrected chi connectivity index (χ2v) is 9.87. The minimum Gasteiger partial charge on any atom is -0.497 e. The molecule has 0 spiro atoms. The highest BCUT2D eigenvalue weighted by Crippen LogP contribution is 2.23. The Morgan fingerprint density at radius 1 is 0.800 bits per heavy atom. The zero-order valence-corrected chi connectivity index (χ0v) is 22.9. The smallest absolute Gasteiger partial charge is 0.289 e. The zero-order valence-electron chi connectivity index (χ0n) is 22.9. The number of rotatable bonds is 10. The Labute approximate surface area is 234 Å². The van der Waals surface area contributed by atoms with E-state index < -0.39 is 0 Å². The van der Waals surface area contributed by atoms with E-state index in [2.05, 4.69) is 9.80 Å². The van der Waals surface area contributed by atoms with Crippen LogP contribution in [0, 0.1) is 5.82 Å². The van der Waals surface area contributed by atoms with Crippen LogP contribution in [0.3, 0.4) is 0 Å². The van der Waals surface area contributed by atoms with Gasteiger partial charge in [0, 0.05) is 45.0 Å². The number of anilines is 1. The number of furan rings is 1. The number of methoxy groups -OCH3 is 2. The highest BCUT2D eigenvalue weighted by Gasteiger charge is 2.25. The number of carbonyl (C=O) groups is 1. The largest absolute Gasteiger partial charge is 0.497 e. The first kappa shape index (κ1) is 27.3. The van der Waals surface area contributed by atoms with Crippen LogP contribution < -0.4 is 14.4 Å². The number of halogens is 1. The van der Waals surface area contributed by atoms with E-state index in [4.69, 9.17) is 13.9 Å². The Morgan fingerprint density at radius 3 is 2.15 bits per heavy atom. The molecule has 1 aromatic heterocycles. The van der Waals surface area contributed by atoms with Crippen molar-refractivity contribution in [2.45, 2.75) is 19.6 Å². The molecule has 1 amide bonds. The number of carbonyl (C=O) groups excluding carboxylic acids is 1. The molecule has 8 heteroatoms. The van der Waals surface area contributed by atoms with Crippen LogP contribution in [0.4, 0.5) is 10.1 Å². The van der Waals surface area contributed by atoms with Gasteiger partial charge in [0.2, 0.25) is 0 Å². The molecule has 2 heterocycles. The van der Waals surface area contributed by atoms with E-state index in [0.717, 1.165) is 41.4 Å². The molecule has 0 saturated carbocycles. The van der Waals surface area contributed by atoms with Gasteiger partial charge in [-0.15, -0.1) is 0 Å². The lowest BCUT2D eigenvalue weighted by atomic mass is 10.1. The average molecular weight is 544 g/mol. The predicted molar refractivity (Wildman–Crippen MR) is 152 cm³/mol. The van der Waals surface area contributed by atoms with Crippen molar-refractivity contribution in [3.05, 3.63) is 113 Å². The molecule has 1 aliphatic heterocycles. The Morgan fingerprint density at radius 2 is 1.48 bits per heavy atom. The van der Waals surface area contributed by atoms with Gasteiger partial charge in [-0.05, 0) is 71.8 Å². The molecule has 1 fully saturated rings. The normalized spacial score (nSPS) is 13.5. The summed E-state index contributed by atoms with van der Waals surface area (Å²) in [6, 6.07) is 26.1. The summed E-state index contributed by atoms with van der Waals surface area (Å²) in [4.78, 5) is 19.5. The maximum absolute atomic E-state index is 13.9. The molecule has 40 heavy (non-hydrogen) atoms. The van der Waals surface area contributed by atoms with Gasteiger partial charge in [0.1, 0.15) is 23.1 Å². The van der Waals surface area contributed by atoms with Gasteiger partial charge < -0.3 is 23.7 Å². The van der Waals surface area contributed by atoms with Gasteiger partial charge in [0.05, 0.1) is 20.8 Å². The minimum atomic E-state index is -0.267. The van der Waals surface area contributed by atoms with Crippen molar-refractivity contribution in [1.82, 2.24) is 9.80 Å². The van der Waals surface area contributed by atoms with Crippen molar-refractivity contribution in [2.24, 2.45) is 0 Å². The van der Waals surface area contributed by atoms with Gasteiger partial charge in [0.15, 0.2) is 5.76 Å². The third kappa shape index (κ3) is 6.82. The van der Waals surface area contributed by atoms with Gasteiger partial charge in [-0.1, -0.05) is 24.3 Å². The summed E-state index contributed by atoms with van der Waals surface area (Å²) in [6.45, 7) is 4.30. The number of piperazine rings is 1. The summed E-state index contributed by atoms with van der Waals surface area (Å²) in [5.41, 5.74) is 3.04. The fourth-order valence-electron chi connectivity index (χ4n) is 5.01. The van der Waals surface area contributed by atoms with Crippen LogP contribution in [0.15, 0.2) is 89.3 Å². The Hall–Kier alpha value is -4.30. The van der Waals surface area contributed by atoms with Crippen molar-refractivity contribution in [3.8, 4) is 11.5 Å². The molecule has 1 aliphatic rings. The number of hydrogen-bond donors (Lipinski definition) is 0. The third-order valence-corrected chi connectivity index (χ3v) is 7.09. The number of benzene rings is 3. The van der Waals surface area contributed by atoms with E-state index in [0.29, 0.717) is 44.2 Å². The minimum absolute atomic E-state index is 0.106. The SMILES string of the molecule is COc1ccc(N2CCN(C(=O)c3ccc(CN(Cc4cccc(F)c4)Cc4cccc(OC)c4)o3)CC2)cc1. The van der Waals surface area contributed by atoms with Gasteiger partial charge in [0.25, 0.3) is 5.91 Å². The number of nitrogens with zero attached hydrogens (tertiary/aromatic N) is 3. The topological polar surface area (TPSA) is 58.4 Å². The molecule has 0 radical (unpaired) electrons. The summed E-state index contributed by atoms with van der Waals surface area (Å²) in [6.07, 6.45) is 0. The first-order valence-electron chi connectivity index (χ1n) is 13.4. The molecular weight excluding hydrogens is 509 g/mol. The Bertz CT molecular complexity index is 1410. The summed E-state index contributed by atoms with van der Waals surface area (Å²) in [5.74, 6) is 2.24. The van der Waals surface area contributed by atoms with E-state index in [-0.39, 0.29) is 11.7 Å². The fourth-order valence-corrected chi connectivity index (χ4v) is 5.01. The first-order chi connectivity index (χ1) is 19.5. The van der Waals surface area contributed by atoms with Gasteiger partial charge in [-0.25, -0.2) is 4.39 Å². The standard InChI is InChI=1S/C32H34FN3O4/c1-38-28-11-9-27(10-12-28)35-15-17-36(18-16-35)32(37)31-14-13-30(40-31)23-34(21-24-5-3-7-26(33)19-24)22-25-6-4-8-29(20-25)39-2/h3-14,19-20H,15-18,21-23H2,1-2H3. The fraction of sp³-hybridized carbons (Fsp3) is 0.281. The monoisotopic (exact) mass is 543 g/mol. The number of amides is 1. The average Bonchev–Trinajstić information content (AvgIpc) is 3.45. The maximum Gasteiger partial charge on any atom is 0.289 e. The van der Waals surface area contributed by atoms with E-state index in [1.807, 2.05) is 65.6 Å². The molecule has 0 N–H and O–H groups in total. The summed E-state index contributed by atoms with van der Waals surface area (Å²) in [5, 5.41) is 0. The van der Waals surface area contributed by atoms with E-state index >= 15 is 0 Å². The second-order valence-electron chi connectivity index (χ2n) is 9.87. The van der Waals surface area contributed by atoms with E-state index in [1.165, 1.54) is 6.07 Å². The van der Waals surface area contributed by atoms with Gasteiger partial charge in [-0.2, -0.15) is 0 Å². The Balaban J connectivity index is 1.23. The molecule has 3 aromatic carbocycles. The quantitative estimate of drug-likeness (QED) is 0.260. The third-order valence-electron chi connectivity index (χ3n) is 7.09. The van der Waals surface area contributed by atoms with Crippen molar-refractivity contribution >= 4 is 11.6 Å². The summed E-state index contributed by atoms with van der Waals surface area (Å²) >= 11 is 0. The number of ether oxygens (including phenoxy) is 2. The van der Waals surface area contributed by atoms with Crippen LogP contribution >= 0.6 is 0 Å². The Kier molecular flexibility index (Phi) is 8.66. The summed E-state index contributed by atoms with van der Waals surface area (Å²) in [7, 11) is 3.30. The molecule has 208 valence electrons. The highest BCUT2D eigenvalue weighted by atomic mass is 19.1. The lowest BCUT2D eigenvalue weighted by molar-refractivity contribution is 0.0710. The maximum atomic E-state index is 13.9. The molecule has 0 bridgehead atoms. The molecule has 7 nitrogen and oxygen atoms in total. The lowest BCUT2D eigenvalue weighted by Gasteiger charge is -2.35. The van der Waals surface area contributed by atoms with Crippen molar-refractivity contribution in [3.63, 3.8) is 0 Å². The van der Waals surface area contributed by atoms with Crippen LogP contribution in [-0.2, 0) is 19.6 Å². The van der Waals surface area contributed by atoms with E-state index in [1.54, 1.807) is 32.4 Å². The van der Waals surface area contributed by atoms with Gasteiger partial charge in [-0.3, -0.25) is 9.69 Å². The molecule has 0 atom stereocenters. The van der Waals surface area contributed by atoms with Crippen LogP contribution in [-0.4, -0.2) is 56.1 Å².